The summed E-state index contributed by atoms with van der Waals surface area (Å²) in [4.78, 5) is 25.9. The van der Waals surface area contributed by atoms with Crippen molar-refractivity contribution in [3.05, 3.63) is 57.0 Å². The molecule has 0 aromatic heterocycles. The Morgan fingerprint density at radius 1 is 1.05 bits per heavy atom. The zero-order valence-electron chi connectivity index (χ0n) is 12.0. The van der Waals surface area contributed by atoms with E-state index in [9.17, 15) is 18.0 Å². The minimum Gasteiger partial charge on any atom is -0.289 e. The van der Waals surface area contributed by atoms with Crippen LogP contribution in [0.1, 0.15) is 40.5 Å². The lowest BCUT2D eigenvalue weighted by Gasteiger charge is -2.29. The zero-order valence-corrected chi connectivity index (χ0v) is 12.9. The fraction of sp³-hybridized carbons (Fsp3) is 0.294. The predicted octanol–water partition coefficient (Wildman–Crippen LogP) is 2.47. The van der Waals surface area contributed by atoms with E-state index in [1.807, 2.05) is 0 Å². The average molecular weight is 314 g/mol. The number of sulfone groups is 1. The molecule has 2 aliphatic carbocycles. The van der Waals surface area contributed by atoms with E-state index in [-0.39, 0.29) is 23.7 Å². The maximum absolute atomic E-state index is 12.8. The van der Waals surface area contributed by atoms with E-state index in [4.69, 9.17) is 0 Å². The highest BCUT2D eigenvalue weighted by Gasteiger charge is 2.46. The number of allylic oxidation sites excluding steroid dienone is 4. The Morgan fingerprint density at radius 3 is 2.36 bits per heavy atom. The molecule has 0 bridgehead atoms. The number of hydrogen-bond acceptors (Lipinski definition) is 4. The van der Waals surface area contributed by atoms with Crippen LogP contribution in [0.2, 0.25) is 0 Å². The van der Waals surface area contributed by atoms with Gasteiger partial charge in [-0.25, -0.2) is 8.42 Å². The molecule has 4 rings (SSSR count). The summed E-state index contributed by atoms with van der Waals surface area (Å²) >= 11 is 0. The minimum atomic E-state index is -3.28. The van der Waals surface area contributed by atoms with Crippen molar-refractivity contribution >= 4 is 21.4 Å². The van der Waals surface area contributed by atoms with Gasteiger partial charge in [-0.15, -0.1) is 0 Å². The molecule has 0 N–H and O–H groups in total. The van der Waals surface area contributed by atoms with Crippen LogP contribution in [0.3, 0.4) is 0 Å². The summed E-state index contributed by atoms with van der Waals surface area (Å²) in [5.41, 5.74) is 2.46. The smallest absolute Gasteiger partial charge is 0.190 e. The third-order valence-electron chi connectivity index (χ3n) is 4.80. The third kappa shape index (κ3) is 1.60. The SMILES string of the molecule is CC1=C2[C@@H](CCS2(=O)=O)C2=C(C1)C(=O)c1ccccc1C2=O. The van der Waals surface area contributed by atoms with Gasteiger partial charge in [0.05, 0.1) is 10.7 Å². The van der Waals surface area contributed by atoms with Gasteiger partial charge in [0.2, 0.25) is 0 Å². The first kappa shape index (κ1) is 13.6. The molecule has 0 saturated carbocycles. The number of fused-ring (bicyclic) bond motifs is 3. The van der Waals surface area contributed by atoms with Crippen molar-refractivity contribution < 1.29 is 18.0 Å². The largest absolute Gasteiger partial charge is 0.289 e. The summed E-state index contributed by atoms with van der Waals surface area (Å²) in [6.45, 7) is 1.76. The number of carbonyl (C=O) groups excluding carboxylic acids is 2. The topological polar surface area (TPSA) is 68.3 Å². The summed E-state index contributed by atoms with van der Waals surface area (Å²) in [7, 11) is -3.28. The molecule has 1 fully saturated rings. The van der Waals surface area contributed by atoms with Gasteiger partial charge in [0.25, 0.3) is 0 Å². The summed E-state index contributed by atoms with van der Waals surface area (Å²) < 4.78 is 24.5. The van der Waals surface area contributed by atoms with Gasteiger partial charge in [-0.2, -0.15) is 0 Å². The Labute approximate surface area is 128 Å². The molecule has 1 saturated heterocycles. The number of hydrogen-bond donors (Lipinski definition) is 0. The molecule has 1 atom stereocenters. The molecule has 4 nitrogen and oxygen atoms in total. The number of ketones is 2. The van der Waals surface area contributed by atoms with Crippen molar-refractivity contribution in [1.29, 1.82) is 0 Å². The molecular formula is C17H14O4S. The normalized spacial score (nSPS) is 26.0. The quantitative estimate of drug-likeness (QED) is 0.738. The number of carbonyl (C=O) groups is 2. The predicted molar refractivity (Wildman–Crippen MR) is 81.3 cm³/mol. The first-order valence-electron chi connectivity index (χ1n) is 7.25. The summed E-state index contributed by atoms with van der Waals surface area (Å²) in [5, 5.41) is 0. The molecule has 0 radical (unpaired) electrons. The van der Waals surface area contributed by atoms with Crippen LogP contribution in [0.25, 0.3) is 0 Å². The van der Waals surface area contributed by atoms with Gasteiger partial charge in [0.15, 0.2) is 21.4 Å². The van der Waals surface area contributed by atoms with Crippen LogP contribution in [0.15, 0.2) is 45.9 Å². The second kappa shape index (κ2) is 4.26. The van der Waals surface area contributed by atoms with Gasteiger partial charge >= 0.3 is 0 Å². The van der Waals surface area contributed by atoms with E-state index in [0.717, 1.165) is 0 Å². The molecule has 0 unspecified atom stereocenters. The monoisotopic (exact) mass is 314 g/mol. The Hall–Kier alpha value is -2.01. The van der Waals surface area contributed by atoms with E-state index < -0.39 is 15.8 Å². The van der Waals surface area contributed by atoms with Crippen molar-refractivity contribution in [2.75, 3.05) is 5.75 Å². The highest BCUT2D eigenvalue weighted by molar-refractivity contribution is 7.95. The van der Waals surface area contributed by atoms with E-state index >= 15 is 0 Å². The first-order chi connectivity index (χ1) is 10.4. The molecule has 1 heterocycles. The molecular weight excluding hydrogens is 300 g/mol. The van der Waals surface area contributed by atoms with Crippen molar-refractivity contribution in [2.45, 2.75) is 19.8 Å². The minimum absolute atomic E-state index is 0.0598. The summed E-state index contributed by atoms with van der Waals surface area (Å²) in [6.07, 6.45) is 0.661. The molecule has 3 aliphatic rings. The molecule has 5 heteroatoms. The lowest BCUT2D eigenvalue weighted by Crippen LogP contribution is -2.29. The molecule has 22 heavy (non-hydrogen) atoms. The van der Waals surface area contributed by atoms with E-state index in [0.29, 0.717) is 39.2 Å². The van der Waals surface area contributed by atoms with E-state index in [2.05, 4.69) is 0 Å². The maximum Gasteiger partial charge on any atom is 0.190 e. The zero-order chi connectivity index (χ0) is 15.6. The number of Topliss-reactive ketones (excluding diaryl/α,β-unsaturated/α-hetero) is 2. The van der Waals surface area contributed by atoms with Gasteiger partial charge in [-0.3, -0.25) is 9.59 Å². The molecule has 0 spiro atoms. The lowest BCUT2D eigenvalue weighted by atomic mass is 9.73. The van der Waals surface area contributed by atoms with Gasteiger partial charge in [0, 0.05) is 28.2 Å². The average Bonchev–Trinajstić information content (AvgIpc) is 2.81. The standard InChI is InChI=1S/C17H14O4S/c1-9-8-13-14(12-6-7-22(20,21)17(9)12)16(19)11-5-3-2-4-10(11)15(13)18/h2-5,12H,6-8H2,1H3/t12-/m0/s1. The molecule has 1 aromatic rings. The fourth-order valence-electron chi connectivity index (χ4n) is 3.91. The third-order valence-corrected chi connectivity index (χ3v) is 6.87. The van der Waals surface area contributed by atoms with Crippen LogP contribution in [0.5, 0.6) is 0 Å². The number of benzene rings is 1. The van der Waals surface area contributed by atoms with Crippen LogP contribution in [-0.2, 0) is 9.84 Å². The van der Waals surface area contributed by atoms with Crippen molar-refractivity contribution in [3.63, 3.8) is 0 Å². The van der Waals surface area contributed by atoms with E-state index in [1.54, 1.807) is 31.2 Å². The molecule has 0 amide bonds. The van der Waals surface area contributed by atoms with Crippen molar-refractivity contribution in [3.8, 4) is 0 Å². The van der Waals surface area contributed by atoms with Gasteiger partial charge in [0.1, 0.15) is 0 Å². The highest BCUT2D eigenvalue weighted by Crippen LogP contribution is 2.47. The van der Waals surface area contributed by atoms with Crippen LogP contribution < -0.4 is 0 Å². The maximum atomic E-state index is 12.8. The summed E-state index contributed by atoms with van der Waals surface area (Å²) in [6, 6.07) is 6.78. The molecule has 1 aliphatic heterocycles. The Morgan fingerprint density at radius 2 is 1.68 bits per heavy atom. The van der Waals surface area contributed by atoms with Crippen LogP contribution >= 0.6 is 0 Å². The lowest BCUT2D eigenvalue weighted by molar-refractivity contribution is 0.0964. The van der Waals surface area contributed by atoms with Crippen LogP contribution in [-0.4, -0.2) is 25.7 Å². The Balaban J connectivity index is 1.95. The van der Waals surface area contributed by atoms with E-state index in [1.165, 1.54) is 0 Å². The Bertz CT molecular complexity index is 916. The van der Waals surface area contributed by atoms with Gasteiger partial charge in [-0.1, -0.05) is 29.8 Å². The highest BCUT2D eigenvalue weighted by atomic mass is 32.2. The van der Waals surface area contributed by atoms with Crippen molar-refractivity contribution in [2.24, 2.45) is 5.92 Å². The summed E-state index contributed by atoms with van der Waals surface area (Å²) in [5.74, 6) is -0.687. The fourth-order valence-corrected chi connectivity index (χ4v) is 5.95. The van der Waals surface area contributed by atoms with Gasteiger partial charge in [-0.05, 0) is 19.8 Å². The van der Waals surface area contributed by atoms with Crippen molar-refractivity contribution in [1.82, 2.24) is 0 Å². The first-order valence-corrected chi connectivity index (χ1v) is 8.91. The van der Waals surface area contributed by atoms with Crippen LogP contribution in [0, 0.1) is 5.92 Å². The Kier molecular flexibility index (Phi) is 2.64. The second-order valence-electron chi connectivity index (χ2n) is 6.08. The number of rotatable bonds is 0. The van der Waals surface area contributed by atoms with Gasteiger partial charge < -0.3 is 0 Å². The molecule has 1 aromatic carbocycles. The second-order valence-corrected chi connectivity index (χ2v) is 8.16. The molecule has 112 valence electrons. The van der Waals surface area contributed by atoms with Crippen LogP contribution in [0.4, 0.5) is 0 Å².